The fourth-order valence-electron chi connectivity index (χ4n) is 3.14. The number of rotatable bonds is 8. The fraction of sp³-hybridized carbons (Fsp3) is 0.174. The third-order valence-electron chi connectivity index (χ3n) is 4.66. The van der Waals surface area contributed by atoms with Gasteiger partial charge in [0, 0.05) is 23.3 Å². The number of furan rings is 1. The molecule has 3 heterocycles. The number of nitrogens with zero attached hydrogens (tertiary/aromatic N) is 2. The molecule has 1 amide bonds. The molecule has 0 unspecified atom stereocenters. The summed E-state index contributed by atoms with van der Waals surface area (Å²) < 4.78 is 17.8. The van der Waals surface area contributed by atoms with Gasteiger partial charge in [0.25, 0.3) is 5.91 Å². The molecule has 3 aromatic heterocycles. The van der Waals surface area contributed by atoms with Crippen LogP contribution in [0, 0.1) is 0 Å². The van der Waals surface area contributed by atoms with Crippen LogP contribution in [0.3, 0.4) is 0 Å². The first-order valence-corrected chi connectivity index (χ1v) is 10.8. The van der Waals surface area contributed by atoms with Crippen molar-refractivity contribution >= 4 is 28.2 Å². The van der Waals surface area contributed by atoms with Gasteiger partial charge in [0.15, 0.2) is 5.76 Å². The Morgan fingerprint density at radius 1 is 1.19 bits per heavy atom. The molecule has 32 heavy (non-hydrogen) atoms. The molecule has 164 valence electrons. The summed E-state index contributed by atoms with van der Waals surface area (Å²) in [4.78, 5) is 25.5. The average molecular weight is 452 g/mol. The van der Waals surface area contributed by atoms with Crippen LogP contribution in [0.2, 0.25) is 0 Å². The Hall–Kier alpha value is -3.85. The maximum Gasteiger partial charge on any atom is 0.341 e. The Morgan fingerprint density at radius 2 is 2.00 bits per heavy atom. The number of benzene rings is 1. The van der Waals surface area contributed by atoms with Gasteiger partial charge in [-0.2, -0.15) is 5.10 Å². The second kappa shape index (κ2) is 9.52. The quantitative estimate of drug-likeness (QED) is 0.391. The molecule has 4 aromatic rings. The second-order valence-electron chi connectivity index (χ2n) is 6.73. The predicted octanol–water partition coefficient (Wildman–Crippen LogP) is 4.69. The zero-order valence-electron chi connectivity index (χ0n) is 17.5. The SMILES string of the molecule is CCOC(=O)c1c(-c2ccc(OC)cc2)csc1NC(=O)c1ccc(Cn2cccn2)o1. The lowest BCUT2D eigenvalue weighted by molar-refractivity contribution is 0.0529. The number of esters is 1. The topological polar surface area (TPSA) is 95.6 Å². The van der Waals surface area contributed by atoms with Gasteiger partial charge in [-0.3, -0.25) is 9.48 Å². The van der Waals surface area contributed by atoms with Crippen LogP contribution in [0.15, 0.2) is 64.7 Å². The van der Waals surface area contributed by atoms with E-state index in [0.29, 0.717) is 34.2 Å². The molecule has 9 heteroatoms. The van der Waals surface area contributed by atoms with Crippen LogP contribution < -0.4 is 10.1 Å². The number of ether oxygens (including phenoxy) is 2. The summed E-state index contributed by atoms with van der Waals surface area (Å²) in [5, 5.41) is 9.12. The van der Waals surface area contributed by atoms with Gasteiger partial charge in [-0.15, -0.1) is 11.3 Å². The Kier molecular flexibility index (Phi) is 6.37. The van der Waals surface area contributed by atoms with Crippen molar-refractivity contribution in [3.63, 3.8) is 0 Å². The number of nitrogens with one attached hydrogen (secondary N) is 1. The van der Waals surface area contributed by atoms with Gasteiger partial charge in [0.2, 0.25) is 0 Å². The standard InChI is InChI=1S/C23H21N3O5S/c1-3-30-23(28)20-18(15-5-7-16(29-2)8-6-15)14-32-22(20)25-21(27)19-10-9-17(31-19)13-26-12-4-11-24-26/h4-12,14H,3,13H2,1-2H3,(H,25,27). The summed E-state index contributed by atoms with van der Waals surface area (Å²) in [6.07, 6.45) is 3.48. The summed E-state index contributed by atoms with van der Waals surface area (Å²) in [5.41, 5.74) is 1.79. The van der Waals surface area contributed by atoms with Gasteiger partial charge < -0.3 is 19.2 Å². The number of hydrogen-bond acceptors (Lipinski definition) is 7. The van der Waals surface area contributed by atoms with Crippen molar-refractivity contribution in [1.29, 1.82) is 0 Å². The first kappa shape index (κ1) is 21.4. The summed E-state index contributed by atoms with van der Waals surface area (Å²) in [6.45, 7) is 2.37. The monoisotopic (exact) mass is 451 g/mol. The third kappa shape index (κ3) is 4.57. The molecule has 0 saturated heterocycles. The number of aromatic nitrogens is 2. The number of anilines is 1. The Bertz CT molecular complexity index is 1210. The van der Waals surface area contributed by atoms with Crippen molar-refractivity contribution in [2.75, 3.05) is 19.0 Å². The molecule has 1 aromatic carbocycles. The van der Waals surface area contributed by atoms with Crippen LogP contribution in [0.5, 0.6) is 5.75 Å². The Morgan fingerprint density at radius 3 is 2.69 bits per heavy atom. The summed E-state index contributed by atoms with van der Waals surface area (Å²) >= 11 is 1.25. The molecule has 0 atom stereocenters. The molecular weight excluding hydrogens is 430 g/mol. The van der Waals surface area contributed by atoms with Crippen molar-refractivity contribution in [2.45, 2.75) is 13.5 Å². The molecule has 0 saturated carbocycles. The second-order valence-corrected chi connectivity index (χ2v) is 7.61. The number of methoxy groups -OCH3 is 1. The highest BCUT2D eigenvalue weighted by atomic mass is 32.1. The van der Waals surface area contributed by atoms with Gasteiger partial charge >= 0.3 is 5.97 Å². The van der Waals surface area contributed by atoms with Gasteiger partial charge in [-0.25, -0.2) is 4.79 Å². The highest BCUT2D eigenvalue weighted by Crippen LogP contribution is 2.37. The predicted molar refractivity (Wildman–Crippen MR) is 120 cm³/mol. The highest BCUT2D eigenvalue weighted by molar-refractivity contribution is 7.15. The van der Waals surface area contributed by atoms with Crippen molar-refractivity contribution in [2.24, 2.45) is 0 Å². The van der Waals surface area contributed by atoms with E-state index in [-0.39, 0.29) is 12.4 Å². The number of carbonyl (C=O) groups is 2. The van der Waals surface area contributed by atoms with Crippen LogP contribution in [0.1, 0.15) is 33.6 Å². The molecule has 0 fully saturated rings. The van der Waals surface area contributed by atoms with Gasteiger partial charge in [0.05, 0.1) is 20.3 Å². The molecule has 0 aliphatic rings. The molecule has 8 nitrogen and oxygen atoms in total. The van der Waals surface area contributed by atoms with E-state index >= 15 is 0 Å². The molecule has 0 aliphatic carbocycles. The van der Waals surface area contributed by atoms with E-state index in [1.54, 1.807) is 43.2 Å². The minimum absolute atomic E-state index is 0.140. The minimum Gasteiger partial charge on any atom is -0.497 e. The molecule has 0 radical (unpaired) electrons. The molecule has 4 rings (SSSR count). The van der Waals surface area contributed by atoms with Gasteiger partial charge in [-0.05, 0) is 42.8 Å². The number of carbonyl (C=O) groups excluding carboxylic acids is 2. The zero-order chi connectivity index (χ0) is 22.5. The Labute approximate surface area is 188 Å². The van der Waals surface area contributed by atoms with Gasteiger partial charge in [-0.1, -0.05) is 12.1 Å². The first-order valence-electron chi connectivity index (χ1n) is 9.89. The van der Waals surface area contributed by atoms with E-state index in [0.717, 1.165) is 5.56 Å². The normalized spacial score (nSPS) is 10.7. The lowest BCUT2D eigenvalue weighted by Crippen LogP contribution is -2.14. The number of hydrogen-bond donors (Lipinski definition) is 1. The van der Waals surface area contributed by atoms with Crippen LogP contribution in [-0.4, -0.2) is 35.4 Å². The van der Waals surface area contributed by atoms with Crippen molar-refractivity contribution < 1.29 is 23.5 Å². The third-order valence-corrected chi connectivity index (χ3v) is 5.56. The first-order chi connectivity index (χ1) is 15.6. The lowest BCUT2D eigenvalue weighted by Gasteiger charge is -2.09. The van der Waals surface area contributed by atoms with E-state index in [1.807, 2.05) is 35.7 Å². The zero-order valence-corrected chi connectivity index (χ0v) is 18.3. The van der Waals surface area contributed by atoms with Crippen LogP contribution in [-0.2, 0) is 11.3 Å². The van der Waals surface area contributed by atoms with E-state index in [1.165, 1.54) is 11.3 Å². The highest BCUT2D eigenvalue weighted by Gasteiger charge is 2.24. The van der Waals surface area contributed by atoms with E-state index < -0.39 is 11.9 Å². The smallest absolute Gasteiger partial charge is 0.341 e. The van der Waals surface area contributed by atoms with Crippen molar-refractivity contribution in [1.82, 2.24) is 9.78 Å². The lowest BCUT2D eigenvalue weighted by atomic mass is 10.0. The molecule has 0 spiro atoms. The number of thiophene rings is 1. The molecular formula is C23H21N3O5S. The fourth-order valence-corrected chi connectivity index (χ4v) is 4.09. The van der Waals surface area contributed by atoms with Crippen LogP contribution in [0.4, 0.5) is 5.00 Å². The average Bonchev–Trinajstić information content (AvgIpc) is 3.56. The van der Waals surface area contributed by atoms with Crippen molar-refractivity contribution in [3.8, 4) is 16.9 Å². The van der Waals surface area contributed by atoms with Crippen LogP contribution in [0.25, 0.3) is 11.1 Å². The van der Waals surface area contributed by atoms with Crippen LogP contribution >= 0.6 is 11.3 Å². The van der Waals surface area contributed by atoms with E-state index in [2.05, 4.69) is 10.4 Å². The van der Waals surface area contributed by atoms with Gasteiger partial charge in [0.1, 0.15) is 22.1 Å². The summed E-state index contributed by atoms with van der Waals surface area (Å²) in [5.74, 6) is 0.480. The van der Waals surface area contributed by atoms with Crippen molar-refractivity contribution in [3.05, 3.63) is 77.3 Å². The van der Waals surface area contributed by atoms with E-state index in [4.69, 9.17) is 13.9 Å². The molecule has 0 aliphatic heterocycles. The largest absolute Gasteiger partial charge is 0.497 e. The number of amides is 1. The Balaban J connectivity index is 1.58. The van der Waals surface area contributed by atoms with E-state index in [9.17, 15) is 9.59 Å². The minimum atomic E-state index is -0.506. The molecule has 0 bridgehead atoms. The maximum absolute atomic E-state index is 12.8. The maximum atomic E-state index is 12.8. The summed E-state index contributed by atoms with van der Waals surface area (Å²) in [7, 11) is 1.59. The summed E-state index contributed by atoms with van der Waals surface area (Å²) in [6, 6.07) is 12.4. The molecule has 1 N–H and O–H groups in total.